The molecular formula is C11H15O. The molecule has 1 aromatic rings. The second-order valence-corrected chi connectivity index (χ2v) is 3.81. The molecule has 65 valence electrons. The monoisotopic (exact) mass is 163 g/mol. The van der Waals surface area contributed by atoms with E-state index in [0.29, 0.717) is 6.61 Å². The highest BCUT2D eigenvalue weighted by Crippen LogP contribution is 2.10. The Morgan fingerprint density at radius 3 is 2.33 bits per heavy atom. The molecule has 0 atom stereocenters. The van der Waals surface area contributed by atoms with Gasteiger partial charge in [0.2, 0.25) is 0 Å². The fraction of sp³-hybridized carbons (Fsp3) is 0.455. The van der Waals surface area contributed by atoms with Gasteiger partial charge >= 0.3 is 0 Å². The molecule has 0 spiro atoms. The first-order chi connectivity index (χ1) is 5.58. The summed E-state index contributed by atoms with van der Waals surface area (Å²) in [6, 6.07) is 10.8. The first-order valence-electron chi connectivity index (χ1n) is 4.17. The molecule has 0 aliphatic carbocycles. The number of benzene rings is 1. The van der Waals surface area contributed by atoms with E-state index in [0.717, 1.165) is 0 Å². The van der Waals surface area contributed by atoms with E-state index in [1.165, 1.54) is 5.56 Å². The van der Waals surface area contributed by atoms with Crippen LogP contribution in [0.25, 0.3) is 0 Å². The van der Waals surface area contributed by atoms with E-state index in [-0.39, 0.29) is 5.60 Å². The van der Waals surface area contributed by atoms with Crippen molar-refractivity contribution in [3.8, 4) is 0 Å². The van der Waals surface area contributed by atoms with Gasteiger partial charge in [-0.05, 0) is 32.4 Å². The third-order valence-electron chi connectivity index (χ3n) is 1.46. The summed E-state index contributed by atoms with van der Waals surface area (Å²) < 4.78 is 5.60. The van der Waals surface area contributed by atoms with Crippen molar-refractivity contribution >= 4 is 0 Å². The summed E-state index contributed by atoms with van der Waals surface area (Å²) in [6.45, 7) is 6.85. The van der Waals surface area contributed by atoms with Crippen LogP contribution < -0.4 is 0 Å². The van der Waals surface area contributed by atoms with Crippen LogP contribution in [0.3, 0.4) is 0 Å². The second-order valence-electron chi connectivity index (χ2n) is 3.81. The number of rotatable bonds is 2. The van der Waals surface area contributed by atoms with Crippen molar-refractivity contribution < 1.29 is 4.74 Å². The van der Waals surface area contributed by atoms with Crippen molar-refractivity contribution in [2.75, 3.05) is 0 Å². The van der Waals surface area contributed by atoms with Crippen LogP contribution in [-0.2, 0) is 11.3 Å². The van der Waals surface area contributed by atoms with E-state index in [1.54, 1.807) is 0 Å². The van der Waals surface area contributed by atoms with E-state index in [9.17, 15) is 0 Å². The van der Waals surface area contributed by atoms with E-state index in [1.807, 2.05) is 24.3 Å². The lowest BCUT2D eigenvalue weighted by Gasteiger charge is -2.19. The molecule has 0 bridgehead atoms. The Hall–Kier alpha value is -0.820. The minimum Gasteiger partial charge on any atom is -0.371 e. The van der Waals surface area contributed by atoms with E-state index in [2.05, 4.69) is 26.8 Å². The van der Waals surface area contributed by atoms with Gasteiger partial charge in [-0.15, -0.1) is 0 Å². The molecule has 0 fully saturated rings. The Bertz CT molecular complexity index is 221. The predicted octanol–water partition coefficient (Wildman–Crippen LogP) is 2.80. The van der Waals surface area contributed by atoms with Gasteiger partial charge in [-0.1, -0.05) is 24.3 Å². The Labute approximate surface area is 74.4 Å². The molecule has 1 aromatic carbocycles. The van der Waals surface area contributed by atoms with Crippen LogP contribution in [0.2, 0.25) is 0 Å². The molecule has 1 heteroatoms. The van der Waals surface area contributed by atoms with Crippen LogP contribution in [-0.4, -0.2) is 5.60 Å². The highest BCUT2D eigenvalue weighted by atomic mass is 16.5. The lowest BCUT2D eigenvalue weighted by atomic mass is 10.2. The second kappa shape index (κ2) is 3.72. The third-order valence-corrected chi connectivity index (χ3v) is 1.46. The summed E-state index contributed by atoms with van der Waals surface area (Å²) in [4.78, 5) is 0. The van der Waals surface area contributed by atoms with Gasteiger partial charge < -0.3 is 4.74 Å². The molecule has 0 amide bonds. The summed E-state index contributed by atoms with van der Waals surface area (Å²) in [7, 11) is 0. The maximum absolute atomic E-state index is 5.60. The third kappa shape index (κ3) is 3.54. The van der Waals surface area contributed by atoms with Crippen molar-refractivity contribution in [3.05, 3.63) is 35.9 Å². The summed E-state index contributed by atoms with van der Waals surface area (Å²) in [5.41, 5.74) is 1.14. The zero-order valence-electron chi connectivity index (χ0n) is 7.92. The predicted molar refractivity (Wildman–Crippen MR) is 49.8 cm³/mol. The number of hydrogen-bond acceptors (Lipinski definition) is 1. The van der Waals surface area contributed by atoms with E-state index >= 15 is 0 Å². The Balaban J connectivity index is 2.44. The van der Waals surface area contributed by atoms with Crippen molar-refractivity contribution in [1.29, 1.82) is 0 Å². The molecular weight excluding hydrogens is 148 g/mol. The number of hydrogen-bond donors (Lipinski definition) is 0. The van der Waals surface area contributed by atoms with Gasteiger partial charge in [0.15, 0.2) is 0 Å². The van der Waals surface area contributed by atoms with Crippen LogP contribution in [0.1, 0.15) is 26.3 Å². The van der Waals surface area contributed by atoms with Crippen LogP contribution in [0.5, 0.6) is 0 Å². The van der Waals surface area contributed by atoms with Gasteiger partial charge in [0, 0.05) is 0 Å². The normalized spacial score (nSPS) is 11.6. The van der Waals surface area contributed by atoms with E-state index in [4.69, 9.17) is 4.74 Å². The van der Waals surface area contributed by atoms with Gasteiger partial charge in [-0.2, -0.15) is 0 Å². The van der Waals surface area contributed by atoms with Crippen molar-refractivity contribution in [3.63, 3.8) is 0 Å². The maximum Gasteiger partial charge on any atom is 0.0724 e. The van der Waals surface area contributed by atoms with Crippen molar-refractivity contribution in [2.24, 2.45) is 0 Å². The van der Waals surface area contributed by atoms with Crippen LogP contribution >= 0.6 is 0 Å². The average Bonchev–Trinajstić information content (AvgIpc) is 2.02. The maximum atomic E-state index is 5.60. The molecule has 0 N–H and O–H groups in total. The Morgan fingerprint density at radius 2 is 1.83 bits per heavy atom. The molecule has 0 heterocycles. The summed E-state index contributed by atoms with van der Waals surface area (Å²) in [6.07, 6.45) is 0. The van der Waals surface area contributed by atoms with Crippen LogP contribution in [0.4, 0.5) is 0 Å². The molecule has 0 saturated carbocycles. The molecule has 1 rings (SSSR count). The fourth-order valence-electron chi connectivity index (χ4n) is 0.817. The minimum atomic E-state index is -0.0560. The molecule has 0 aromatic heterocycles. The van der Waals surface area contributed by atoms with Crippen LogP contribution in [0, 0.1) is 6.07 Å². The highest BCUT2D eigenvalue weighted by Gasteiger charge is 2.09. The quantitative estimate of drug-likeness (QED) is 0.651. The summed E-state index contributed by atoms with van der Waals surface area (Å²) in [5, 5.41) is 0. The highest BCUT2D eigenvalue weighted by molar-refractivity contribution is 5.12. The Morgan fingerprint density at radius 1 is 1.25 bits per heavy atom. The van der Waals surface area contributed by atoms with Gasteiger partial charge in [0.25, 0.3) is 0 Å². The summed E-state index contributed by atoms with van der Waals surface area (Å²) in [5.74, 6) is 0. The fourth-order valence-corrected chi connectivity index (χ4v) is 0.817. The van der Waals surface area contributed by atoms with Crippen molar-refractivity contribution in [1.82, 2.24) is 0 Å². The smallest absolute Gasteiger partial charge is 0.0724 e. The van der Waals surface area contributed by atoms with Gasteiger partial charge in [0.1, 0.15) is 0 Å². The lowest BCUT2D eigenvalue weighted by molar-refractivity contribution is -0.0149. The van der Waals surface area contributed by atoms with Gasteiger partial charge in [-0.3, -0.25) is 0 Å². The molecule has 1 nitrogen and oxygen atoms in total. The zero-order valence-corrected chi connectivity index (χ0v) is 7.92. The zero-order chi connectivity index (χ0) is 9.03. The SMILES string of the molecule is CC(C)(C)OCc1cc[c]cc1. The standard InChI is InChI=1S/C11H15O/c1-11(2,3)12-9-10-7-5-4-6-8-10/h5-8H,9H2,1-3H3. The number of ether oxygens (including phenoxy) is 1. The molecule has 0 saturated heterocycles. The minimum absolute atomic E-state index is 0.0560. The molecule has 12 heavy (non-hydrogen) atoms. The Kier molecular flexibility index (Phi) is 2.88. The average molecular weight is 163 g/mol. The largest absolute Gasteiger partial charge is 0.371 e. The van der Waals surface area contributed by atoms with Crippen molar-refractivity contribution in [2.45, 2.75) is 33.0 Å². The molecule has 0 aliphatic heterocycles. The van der Waals surface area contributed by atoms with Gasteiger partial charge in [0.05, 0.1) is 12.2 Å². The van der Waals surface area contributed by atoms with Gasteiger partial charge in [-0.25, -0.2) is 0 Å². The summed E-state index contributed by atoms with van der Waals surface area (Å²) >= 11 is 0. The van der Waals surface area contributed by atoms with Crippen LogP contribution in [0.15, 0.2) is 24.3 Å². The van der Waals surface area contributed by atoms with E-state index < -0.39 is 0 Å². The first kappa shape index (κ1) is 9.27. The molecule has 0 aliphatic rings. The topological polar surface area (TPSA) is 9.23 Å². The molecule has 0 unspecified atom stereocenters. The molecule has 1 radical (unpaired) electrons. The lowest BCUT2D eigenvalue weighted by Crippen LogP contribution is -2.18. The first-order valence-corrected chi connectivity index (χ1v) is 4.17.